The predicted octanol–water partition coefficient (Wildman–Crippen LogP) is 0.926. The summed E-state index contributed by atoms with van der Waals surface area (Å²) in [5.74, 6) is 0.895. The van der Waals surface area contributed by atoms with Crippen LogP contribution >= 0.6 is 0 Å². The molecule has 0 spiro atoms. The quantitative estimate of drug-likeness (QED) is 0.723. The first-order valence-corrected chi connectivity index (χ1v) is 5.02. The Morgan fingerprint density at radius 3 is 2.73 bits per heavy atom. The smallest absolute Gasteiger partial charge is 0.220 e. The van der Waals surface area contributed by atoms with Crippen molar-refractivity contribution in [2.45, 2.75) is 18.9 Å². The third-order valence-corrected chi connectivity index (χ3v) is 2.42. The maximum atomic E-state index is 10.9. The average Bonchev–Trinajstić information content (AvgIpc) is 2.64. The molecule has 1 fully saturated rings. The first-order chi connectivity index (χ1) is 7.24. The van der Waals surface area contributed by atoms with E-state index in [1.807, 2.05) is 12.1 Å². The van der Waals surface area contributed by atoms with Crippen molar-refractivity contribution in [2.24, 2.45) is 0 Å². The fraction of sp³-hybridized carbons (Fsp3) is 0.364. The van der Waals surface area contributed by atoms with Gasteiger partial charge in [-0.05, 0) is 30.7 Å². The molecule has 0 saturated carbocycles. The number of rotatable bonds is 3. The van der Waals surface area contributed by atoms with Gasteiger partial charge in [0.15, 0.2) is 0 Å². The van der Waals surface area contributed by atoms with E-state index in [4.69, 9.17) is 10.5 Å². The van der Waals surface area contributed by atoms with Crippen LogP contribution in [0.1, 0.15) is 12.8 Å². The number of nitrogens with one attached hydrogen (secondary N) is 1. The molecule has 0 bridgehead atoms. The fourth-order valence-corrected chi connectivity index (χ4v) is 1.56. The fourth-order valence-electron chi connectivity index (χ4n) is 1.56. The second-order valence-electron chi connectivity index (χ2n) is 3.68. The molecule has 0 unspecified atom stereocenters. The molecule has 1 atom stereocenters. The monoisotopic (exact) mass is 206 g/mol. The summed E-state index contributed by atoms with van der Waals surface area (Å²) in [5.41, 5.74) is 6.27. The molecule has 1 saturated heterocycles. The van der Waals surface area contributed by atoms with E-state index in [-0.39, 0.29) is 11.9 Å². The van der Waals surface area contributed by atoms with Gasteiger partial charge in [-0.1, -0.05) is 0 Å². The van der Waals surface area contributed by atoms with Crippen LogP contribution in [0.15, 0.2) is 24.3 Å². The van der Waals surface area contributed by atoms with Gasteiger partial charge in [0.25, 0.3) is 0 Å². The van der Waals surface area contributed by atoms with Crippen LogP contribution in [0.4, 0.5) is 5.69 Å². The topological polar surface area (TPSA) is 64.3 Å². The predicted molar refractivity (Wildman–Crippen MR) is 57.5 cm³/mol. The third-order valence-electron chi connectivity index (χ3n) is 2.42. The van der Waals surface area contributed by atoms with Gasteiger partial charge in [-0.2, -0.15) is 0 Å². The van der Waals surface area contributed by atoms with Crippen LogP contribution in [-0.4, -0.2) is 18.6 Å². The van der Waals surface area contributed by atoms with Crippen molar-refractivity contribution in [3.05, 3.63) is 24.3 Å². The van der Waals surface area contributed by atoms with Crippen molar-refractivity contribution in [1.29, 1.82) is 0 Å². The van der Waals surface area contributed by atoms with Gasteiger partial charge < -0.3 is 15.8 Å². The van der Waals surface area contributed by atoms with Crippen LogP contribution in [0, 0.1) is 0 Å². The zero-order valence-corrected chi connectivity index (χ0v) is 8.40. The van der Waals surface area contributed by atoms with Gasteiger partial charge >= 0.3 is 0 Å². The van der Waals surface area contributed by atoms with E-state index in [0.717, 1.165) is 17.9 Å². The number of carbonyl (C=O) groups excluding carboxylic acids is 1. The van der Waals surface area contributed by atoms with Gasteiger partial charge in [0, 0.05) is 12.1 Å². The minimum absolute atomic E-state index is 0.112. The van der Waals surface area contributed by atoms with Crippen LogP contribution in [0.25, 0.3) is 0 Å². The zero-order chi connectivity index (χ0) is 10.7. The minimum atomic E-state index is 0.112. The summed E-state index contributed by atoms with van der Waals surface area (Å²) in [7, 11) is 0. The Morgan fingerprint density at radius 2 is 2.13 bits per heavy atom. The van der Waals surface area contributed by atoms with Gasteiger partial charge in [-0.25, -0.2) is 0 Å². The second kappa shape index (κ2) is 4.21. The highest BCUT2D eigenvalue weighted by molar-refractivity contribution is 5.78. The number of hydrogen-bond donors (Lipinski definition) is 2. The molecule has 1 aliphatic rings. The molecule has 3 N–H and O–H groups in total. The summed E-state index contributed by atoms with van der Waals surface area (Å²) in [5, 5.41) is 2.85. The molecule has 4 heteroatoms. The van der Waals surface area contributed by atoms with Gasteiger partial charge in [0.05, 0.1) is 6.04 Å². The average molecular weight is 206 g/mol. The van der Waals surface area contributed by atoms with Crippen LogP contribution in [0.2, 0.25) is 0 Å². The molecule has 0 radical (unpaired) electrons. The second-order valence-corrected chi connectivity index (χ2v) is 3.68. The Hall–Kier alpha value is -1.71. The molecule has 1 heterocycles. The molecule has 1 aromatic rings. The largest absolute Gasteiger partial charge is 0.491 e. The van der Waals surface area contributed by atoms with Crippen molar-refractivity contribution in [3.63, 3.8) is 0 Å². The van der Waals surface area contributed by atoms with Crippen molar-refractivity contribution < 1.29 is 9.53 Å². The van der Waals surface area contributed by atoms with E-state index in [1.54, 1.807) is 12.1 Å². The van der Waals surface area contributed by atoms with Crippen LogP contribution in [-0.2, 0) is 4.79 Å². The first-order valence-electron chi connectivity index (χ1n) is 5.02. The minimum Gasteiger partial charge on any atom is -0.491 e. The number of benzene rings is 1. The third kappa shape index (κ3) is 2.62. The van der Waals surface area contributed by atoms with E-state index in [1.165, 1.54) is 0 Å². The molecule has 1 amide bonds. The van der Waals surface area contributed by atoms with Crippen molar-refractivity contribution in [1.82, 2.24) is 5.32 Å². The number of anilines is 1. The van der Waals surface area contributed by atoms with Crippen molar-refractivity contribution in [3.8, 4) is 5.75 Å². The Balaban J connectivity index is 1.83. The van der Waals surface area contributed by atoms with E-state index >= 15 is 0 Å². The number of amides is 1. The number of nitrogen functional groups attached to an aromatic ring is 1. The van der Waals surface area contributed by atoms with E-state index in [2.05, 4.69) is 5.32 Å². The Morgan fingerprint density at radius 1 is 1.40 bits per heavy atom. The standard InChI is InChI=1S/C11H14N2O2/c12-8-1-4-10(5-2-8)15-7-9-3-6-11(14)13-9/h1-2,4-5,9H,3,6-7,12H2,(H,13,14)/t9-/m0/s1. The Bertz CT molecular complexity index is 348. The maximum Gasteiger partial charge on any atom is 0.220 e. The molecule has 1 aromatic carbocycles. The SMILES string of the molecule is Nc1ccc(OC[C@@H]2CCC(=O)N2)cc1. The van der Waals surface area contributed by atoms with Gasteiger partial charge in [-0.3, -0.25) is 4.79 Å². The van der Waals surface area contributed by atoms with Gasteiger partial charge in [0.1, 0.15) is 12.4 Å². The number of ether oxygens (including phenoxy) is 1. The highest BCUT2D eigenvalue weighted by Crippen LogP contribution is 2.14. The summed E-state index contributed by atoms with van der Waals surface area (Å²) >= 11 is 0. The van der Waals surface area contributed by atoms with Gasteiger partial charge in [0.2, 0.25) is 5.91 Å². The number of nitrogens with two attached hydrogens (primary N) is 1. The summed E-state index contributed by atoms with van der Waals surface area (Å²) in [6.45, 7) is 0.523. The number of carbonyl (C=O) groups is 1. The zero-order valence-electron chi connectivity index (χ0n) is 8.40. The maximum absolute atomic E-state index is 10.9. The highest BCUT2D eigenvalue weighted by atomic mass is 16.5. The highest BCUT2D eigenvalue weighted by Gasteiger charge is 2.20. The lowest BCUT2D eigenvalue weighted by atomic mass is 10.2. The molecule has 1 aliphatic heterocycles. The summed E-state index contributed by atoms with van der Waals surface area (Å²) in [6, 6.07) is 7.39. The summed E-state index contributed by atoms with van der Waals surface area (Å²) in [4.78, 5) is 10.9. The number of hydrogen-bond acceptors (Lipinski definition) is 3. The molecular weight excluding hydrogens is 192 g/mol. The molecular formula is C11H14N2O2. The van der Waals surface area contributed by atoms with Gasteiger partial charge in [-0.15, -0.1) is 0 Å². The van der Waals surface area contributed by atoms with Crippen LogP contribution < -0.4 is 15.8 Å². The van der Waals surface area contributed by atoms with Crippen molar-refractivity contribution >= 4 is 11.6 Å². The first kappa shape index (κ1) is 9.83. The molecule has 2 rings (SSSR count). The van der Waals surface area contributed by atoms with E-state index < -0.39 is 0 Å². The normalized spacial score (nSPS) is 20.0. The van der Waals surface area contributed by atoms with Crippen LogP contribution in [0.5, 0.6) is 5.75 Å². The van der Waals surface area contributed by atoms with E-state index in [9.17, 15) is 4.79 Å². The van der Waals surface area contributed by atoms with Crippen LogP contribution in [0.3, 0.4) is 0 Å². The molecule has 0 aromatic heterocycles. The lowest BCUT2D eigenvalue weighted by Crippen LogP contribution is -2.30. The Kier molecular flexibility index (Phi) is 2.76. The molecule has 4 nitrogen and oxygen atoms in total. The summed E-state index contributed by atoms with van der Waals surface area (Å²) < 4.78 is 5.52. The molecule has 15 heavy (non-hydrogen) atoms. The molecule has 80 valence electrons. The lowest BCUT2D eigenvalue weighted by Gasteiger charge is -2.11. The Labute approximate surface area is 88.4 Å². The molecule has 0 aliphatic carbocycles. The lowest BCUT2D eigenvalue weighted by molar-refractivity contribution is -0.119. The van der Waals surface area contributed by atoms with E-state index in [0.29, 0.717) is 13.0 Å². The summed E-state index contributed by atoms with van der Waals surface area (Å²) in [6.07, 6.45) is 1.46. The van der Waals surface area contributed by atoms with Crippen molar-refractivity contribution in [2.75, 3.05) is 12.3 Å².